The lowest BCUT2D eigenvalue weighted by molar-refractivity contribution is 0.605. The highest BCUT2D eigenvalue weighted by atomic mass is 35.5. The molecule has 0 amide bonds. The zero-order valence-corrected chi connectivity index (χ0v) is 10.9. The van der Waals surface area contributed by atoms with E-state index < -0.39 is 15.8 Å². The largest absolute Gasteiger partial charge is 0.392 e. The smallest absolute Gasteiger partial charge is 0.239 e. The monoisotopic (exact) mass is 278 g/mol. The van der Waals surface area contributed by atoms with E-state index in [1.54, 1.807) is 18.2 Å². The van der Waals surface area contributed by atoms with Crippen LogP contribution in [0.5, 0.6) is 0 Å². The fraction of sp³-hybridized carbons (Fsp3) is 0.222. The molecule has 88 valence electrons. The van der Waals surface area contributed by atoms with Crippen molar-refractivity contribution in [3.63, 3.8) is 0 Å². The van der Waals surface area contributed by atoms with Crippen LogP contribution in [0.15, 0.2) is 18.2 Å². The SMILES string of the molecule is Cc1ccc(NS(=O)(=O)CC(N)=S)c(Cl)c1. The van der Waals surface area contributed by atoms with Crippen molar-refractivity contribution in [1.29, 1.82) is 0 Å². The van der Waals surface area contributed by atoms with Crippen LogP contribution in [0.3, 0.4) is 0 Å². The number of benzene rings is 1. The van der Waals surface area contributed by atoms with Crippen LogP contribution in [-0.2, 0) is 10.0 Å². The molecule has 0 aliphatic heterocycles. The number of nitrogens with one attached hydrogen (secondary N) is 1. The van der Waals surface area contributed by atoms with Crippen LogP contribution in [0.1, 0.15) is 5.56 Å². The lowest BCUT2D eigenvalue weighted by Gasteiger charge is -2.09. The van der Waals surface area contributed by atoms with E-state index in [0.717, 1.165) is 5.56 Å². The maximum Gasteiger partial charge on any atom is 0.239 e. The molecule has 1 aromatic carbocycles. The minimum Gasteiger partial charge on any atom is -0.392 e. The van der Waals surface area contributed by atoms with Gasteiger partial charge in [0.05, 0.1) is 15.7 Å². The zero-order chi connectivity index (χ0) is 12.3. The summed E-state index contributed by atoms with van der Waals surface area (Å²) < 4.78 is 25.3. The second-order valence-corrected chi connectivity index (χ2v) is 5.96. The van der Waals surface area contributed by atoms with Crippen molar-refractivity contribution in [2.24, 2.45) is 5.73 Å². The summed E-state index contributed by atoms with van der Waals surface area (Å²) in [7, 11) is -3.57. The van der Waals surface area contributed by atoms with Gasteiger partial charge in [-0.05, 0) is 24.6 Å². The molecule has 0 bridgehead atoms. The molecular weight excluding hydrogens is 268 g/mol. The highest BCUT2D eigenvalue weighted by Crippen LogP contribution is 2.23. The number of thiocarbonyl (C=S) groups is 1. The van der Waals surface area contributed by atoms with Gasteiger partial charge in [0.25, 0.3) is 0 Å². The van der Waals surface area contributed by atoms with Gasteiger partial charge in [0, 0.05) is 0 Å². The third-order valence-corrected chi connectivity index (χ3v) is 3.58. The maximum absolute atomic E-state index is 11.5. The summed E-state index contributed by atoms with van der Waals surface area (Å²) in [5.74, 6) is -0.396. The first kappa shape index (κ1) is 13.2. The Labute approximate surface area is 105 Å². The summed E-state index contributed by atoms with van der Waals surface area (Å²) in [5.41, 5.74) is 6.44. The number of rotatable bonds is 4. The van der Waals surface area contributed by atoms with Gasteiger partial charge >= 0.3 is 0 Å². The van der Waals surface area contributed by atoms with E-state index in [1.807, 2.05) is 6.92 Å². The Morgan fingerprint density at radius 3 is 2.69 bits per heavy atom. The average Bonchev–Trinajstić information content (AvgIpc) is 2.07. The molecule has 0 fully saturated rings. The standard InChI is InChI=1S/C9H11ClN2O2S2/c1-6-2-3-8(7(10)4-6)12-16(13,14)5-9(11)15/h2-4,12H,5H2,1H3,(H2,11,15). The third kappa shape index (κ3) is 3.96. The predicted octanol–water partition coefficient (Wildman–Crippen LogP) is 1.68. The van der Waals surface area contributed by atoms with Crippen molar-refractivity contribution >= 4 is 44.5 Å². The van der Waals surface area contributed by atoms with Gasteiger partial charge in [-0.15, -0.1) is 0 Å². The van der Waals surface area contributed by atoms with Crippen LogP contribution in [0, 0.1) is 6.92 Å². The van der Waals surface area contributed by atoms with E-state index in [0.29, 0.717) is 10.7 Å². The molecule has 1 rings (SSSR count). The Hall–Kier alpha value is -0.850. The summed E-state index contributed by atoms with van der Waals surface area (Å²) in [6.45, 7) is 1.86. The zero-order valence-electron chi connectivity index (χ0n) is 8.53. The van der Waals surface area contributed by atoms with E-state index in [1.165, 1.54) is 0 Å². The van der Waals surface area contributed by atoms with Gasteiger partial charge in [-0.2, -0.15) is 0 Å². The van der Waals surface area contributed by atoms with E-state index >= 15 is 0 Å². The maximum atomic E-state index is 11.5. The fourth-order valence-electron chi connectivity index (χ4n) is 1.09. The van der Waals surface area contributed by atoms with Crippen molar-refractivity contribution in [3.05, 3.63) is 28.8 Å². The van der Waals surface area contributed by atoms with Crippen LogP contribution in [0.4, 0.5) is 5.69 Å². The second kappa shape index (κ2) is 4.99. The van der Waals surface area contributed by atoms with Crippen molar-refractivity contribution in [2.45, 2.75) is 6.92 Å². The number of aryl methyl sites for hydroxylation is 1. The third-order valence-electron chi connectivity index (χ3n) is 1.72. The highest BCUT2D eigenvalue weighted by Gasteiger charge is 2.13. The molecule has 1 aromatic rings. The molecular formula is C9H11ClN2O2S2. The minimum absolute atomic E-state index is 0.0873. The van der Waals surface area contributed by atoms with Crippen LogP contribution in [-0.4, -0.2) is 19.2 Å². The quantitative estimate of drug-likeness (QED) is 0.822. The van der Waals surface area contributed by atoms with Gasteiger partial charge in [-0.3, -0.25) is 4.72 Å². The van der Waals surface area contributed by atoms with Crippen LogP contribution in [0.25, 0.3) is 0 Å². The molecule has 0 saturated heterocycles. The van der Waals surface area contributed by atoms with Crippen LogP contribution < -0.4 is 10.5 Å². The molecule has 16 heavy (non-hydrogen) atoms. The van der Waals surface area contributed by atoms with Gasteiger partial charge < -0.3 is 5.73 Å². The van der Waals surface area contributed by atoms with Crippen molar-refractivity contribution in [1.82, 2.24) is 0 Å². The van der Waals surface area contributed by atoms with Crippen LogP contribution in [0.2, 0.25) is 5.02 Å². The first-order valence-electron chi connectivity index (χ1n) is 4.35. The first-order valence-corrected chi connectivity index (χ1v) is 6.79. The summed E-state index contributed by atoms with van der Waals surface area (Å²) in [6, 6.07) is 5.01. The number of sulfonamides is 1. The molecule has 7 heteroatoms. The van der Waals surface area contributed by atoms with E-state index in [9.17, 15) is 8.42 Å². The number of nitrogens with two attached hydrogens (primary N) is 1. The highest BCUT2D eigenvalue weighted by molar-refractivity contribution is 7.95. The fourth-order valence-corrected chi connectivity index (χ4v) is 2.86. The van der Waals surface area contributed by atoms with E-state index in [-0.39, 0.29) is 4.99 Å². The Balaban J connectivity index is 2.92. The Kier molecular flexibility index (Phi) is 4.12. The second-order valence-electron chi connectivity index (χ2n) is 3.31. The molecule has 0 atom stereocenters. The molecule has 0 aliphatic rings. The number of hydrogen-bond acceptors (Lipinski definition) is 3. The summed E-state index contributed by atoms with van der Waals surface area (Å²) in [6.07, 6.45) is 0. The normalized spacial score (nSPS) is 11.1. The summed E-state index contributed by atoms with van der Waals surface area (Å²) in [5, 5.41) is 0.339. The number of hydrogen-bond donors (Lipinski definition) is 2. The van der Waals surface area contributed by atoms with Crippen molar-refractivity contribution in [2.75, 3.05) is 10.5 Å². The number of anilines is 1. The van der Waals surface area contributed by atoms with Gasteiger partial charge in [-0.25, -0.2) is 8.42 Å². The summed E-state index contributed by atoms with van der Waals surface area (Å²) in [4.78, 5) is -0.0873. The lowest BCUT2D eigenvalue weighted by Crippen LogP contribution is -2.26. The molecule has 0 saturated carbocycles. The van der Waals surface area contributed by atoms with Crippen LogP contribution >= 0.6 is 23.8 Å². The van der Waals surface area contributed by atoms with Gasteiger partial charge in [-0.1, -0.05) is 29.9 Å². The predicted molar refractivity (Wildman–Crippen MR) is 70.4 cm³/mol. The molecule has 0 aliphatic carbocycles. The van der Waals surface area contributed by atoms with Crippen molar-refractivity contribution < 1.29 is 8.42 Å². The van der Waals surface area contributed by atoms with Gasteiger partial charge in [0.1, 0.15) is 5.75 Å². The molecule has 4 nitrogen and oxygen atoms in total. The van der Waals surface area contributed by atoms with Gasteiger partial charge in [0.2, 0.25) is 10.0 Å². The average molecular weight is 279 g/mol. The van der Waals surface area contributed by atoms with E-state index in [4.69, 9.17) is 17.3 Å². The Morgan fingerprint density at radius 1 is 1.56 bits per heavy atom. The molecule has 0 radical (unpaired) electrons. The molecule has 0 heterocycles. The van der Waals surface area contributed by atoms with E-state index in [2.05, 4.69) is 16.9 Å². The Morgan fingerprint density at radius 2 is 2.19 bits per heavy atom. The molecule has 3 N–H and O–H groups in total. The topological polar surface area (TPSA) is 72.2 Å². The first-order chi connectivity index (χ1) is 7.30. The minimum atomic E-state index is -3.57. The van der Waals surface area contributed by atoms with Gasteiger partial charge in [0.15, 0.2) is 0 Å². The van der Waals surface area contributed by atoms with Crippen molar-refractivity contribution in [3.8, 4) is 0 Å². The molecule has 0 spiro atoms. The number of halogens is 1. The lowest BCUT2D eigenvalue weighted by atomic mass is 10.2. The summed E-state index contributed by atoms with van der Waals surface area (Å²) >= 11 is 10.4. The Bertz CT molecular complexity index is 514. The molecule has 0 unspecified atom stereocenters. The molecule has 0 aromatic heterocycles.